The Labute approximate surface area is 267 Å². The Kier molecular flexibility index (Phi) is 11.2. The monoisotopic (exact) mass is 633 g/mol. The number of hydrogen-bond acceptors (Lipinski definition) is 9. The number of esters is 1. The van der Waals surface area contributed by atoms with Gasteiger partial charge in [0, 0.05) is 25.5 Å². The highest BCUT2D eigenvalue weighted by atomic mass is 16.6. The van der Waals surface area contributed by atoms with Crippen molar-refractivity contribution < 1.29 is 38.3 Å². The number of benzene rings is 3. The Morgan fingerprint density at radius 3 is 2.43 bits per heavy atom. The summed E-state index contributed by atoms with van der Waals surface area (Å²) < 4.78 is 21.7. The van der Waals surface area contributed by atoms with E-state index in [-0.39, 0.29) is 42.6 Å². The van der Waals surface area contributed by atoms with Crippen LogP contribution in [-0.4, -0.2) is 67.6 Å². The van der Waals surface area contributed by atoms with Crippen LogP contribution >= 0.6 is 0 Å². The van der Waals surface area contributed by atoms with Gasteiger partial charge in [-0.25, -0.2) is 4.79 Å². The molecule has 1 N–H and O–H groups in total. The second-order valence-corrected chi connectivity index (χ2v) is 11.3. The van der Waals surface area contributed by atoms with E-state index >= 15 is 0 Å². The summed E-state index contributed by atoms with van der Waals surface area (Å²) in [6.07, 6.45) is 0.753. The summed E-state index contributed by atoms with van der Waals surface area (Å²) in [6, 6.07) is 14.8. The average molecular weight is 634 g/mol. The topological polar surface area (TPSA) is 147 Å². The maximum absolute atomic E-state index is 14.0. The fraction of sp³-hybridized carbons (Fsp3) is 0.382. The Balaban J connectivity index is 1.75. The van der Waals surface area contributed by atoms with Gasteiger partial charge in [0.1, 0.15) is 17.8 Å². The summed E-state index contributed by atoms with van der Waals surface area (Å²) in [5.74, 6) is -0.324. The van der Waals surface area contributed by atoms with Gasteiger partial charge in [0.05, 0.1) is 26.3 Å². The first-order chi connectivity index (χ1) is 22.0. The van der Waals surface area contributed by atoms with E-state index in [9.17, 15) is 24.5 Å². The molecule has 3 aromatic carbocycles. The molecule has 0 spiro atoms. The highest BCUT2D eigenvalue weighted by Crippen LogP contribution is 2.33. The van der Waals surface area contributed by atoms with Crippen LogP contribution in [0.2, 0.25) is 0 Å². The minimum absolute atomic E-state index is 0.0196. The molecular formula is C34H39N3O9. The lowest BCUT2D eigenvalue weighted by Crippen LogP contribution is -2.56. The predicted molar refractivity (Wildman–Crippen MR) is 169 cm³/mol. The van der Waals surface area contributed by atoms with Gasteiger partial charge in [-0.3, -0.25) is 19.7 Å². The number of fused-ring (bicyclic) bond motifs is 10. The molecule has 0 saturated carbocycles. The number of ether oxygens (including phenoxy) is 4. The molecule has 2 aliphatic heterocycles. The lowest BCUT2D eigenvalue weighted by molar-refractivity contribution is -0.385. The summed E-state index contributed by atoms with van der Waals surface area (Å²) in [7, 11) is 4.29. The molecule has 2 amide bonds. The van der Waals surface area contributed by atoms with E-state index in [0.717, 1.165) is 11.1 Å². The minimum Gasteiger partial charge on any atom is -0.493 e. The van der Waals surface area contributed by atoms with E-state index in [2.05, 4.69) is 5.32 Å². The summed E-state index contributed by atoms with van der Waals surface area (Å²) in [6.45, 7) is 3.88. The normalized spacial score (nSPS) is 17.1. The van der Waals surface area contributed by atoms with Gasteiger partial charge in [0.25, 0.3) is 0 Å². The number of aryl methyl sites for hydroxylation is 1. The Morgan fingerprint density at radius 2 is 1.76 bits per heavy atom. The van der Waals surface area contributed by atoms with Gasteiger partial charge in [-0.1, -0.05) is 38.1 Å². The van der Waals surface area contributed by atoms with Crippen LogP contribution in [0.3, 0.4) is 0 Å². The highest BCUT2D eigenvalue weighted by molar-refractivity contribution is 5.91. The van der Waals surface area contributed by atoms with E-state index < -0.39 is 28.9 Å². The molecule has 244 valence electrons. The van der Waals surface area contributed by atoms with Crippen molar-refractivity contribution in [1.29, 1.82) is 0 Å². The van der Waals surface area contributed by atoms with Crippen molar-refractivity contribution in [3.8, 4) is 23.0 Å². The summed E-state index contributed by atoms with van der Waals surface area (Å²) in [4.78, 5) is 53.8. The van der Waals surface area contributed by atoms with Crippen LogP contribution in [0.25, 0.3) is 0 Å². The molecule has 0 aliphatic carbocycles. The zero-order chi connectivity index (χ0) is 33.4. The molecule has 2 heterocycles. The number of rotatable bonds is 8. The van der Waals surface area contributed by atoms with E-state index in [1.807, 2.05) is 32.0 Å². The van der Waals surface area contributed by atoms with Crippen LogP contribution in [-0.2, 0) is 38.4 Å². The van der Waals surface area contributed by atoms with Gasteiger partial charge in [-0.05, 0) is 65.8 Å². The number of nitro benzene ring substituents is 1. The van der Waals surface area contributed by atoms with E-state index in [0.29, 0.717) is 35.7 Å². The Bertz CT molecular complexity index is 1590. The van der Waals surface area contributed by atoms with Crippen LogP contribution < -0.4 is 19.5 Å². The van der Waals surface area contributed by atoms with Crippen molar-refractivity contribution in [2.45, 2.75) is 51.6 Å². The van der Waals surface area contributed by atoms with Crippen LogP contribution in [0.5, 0.6) is 23.0 Å². The van der Waals surface area contributed by atoms with Crippen molar-refractivity contribution in [2.75, 3.05) is 27.9 Å². The molecule has 0 radical (unpaired) electrons. The molecule has 0 fully saturated rings. The third kappa shape index (κ3) is 8.12. The summed E-state index contributed by atoms with van der Waals surface area (Å²) >= 11 is 0. The second kappa shape index (κ2) is 15.2. The Morgan fingerprint density at radius 1 is 1.00 bits per heavy atom. The van der Waals surface area contributed by atoms with Gasteiger partial charge in [-0.15, -0.1) is 0 Å². The van der Waals surface area contributed by atoms with Crippen molar-refractivity contribution in [3.05, 3.63) is 87.5 Å². The number of nitrogens with one attached hydrogen (secondary N) is 1. The lowest BCUT2D eigenvalue weighted by atomic mass is 9.98. The molecule has 46 heavy (non-hydrogen) atoms. The SMILES string of the molecule is COC(=O)C1Cc2ccc(c([N+](=O)[O-])c2)Oc2cccc(c2)CCC(=O)N(CCc2ccc(OC)c(OC)c2)C(C(C)C)C(=O)N1. The maximum atomic E-state index is 14.0. The zero-order valence-corrected chi connectivity index (χ0v) is 26.6. The smallest absolute Gasteiger partial charge is 0.328 e. The number of carbonyl (C=O) groups is 3. The van der Waals surface area contributed by atoms with Gasteiger partial charge in [0.15, 0.2) is 11.5 Å². The minimum atomic E-state index is -1.17. The third-order valence-corrected chi connectivity index (χ3v) is 7.86. The molecular weight excluding hydrogens is 594 g/mol. The van der Waals surface area contributed by atoms with Gasteiger partial charge in [-0.2, -0.15) is 0 Å². The Hall–Kier alpha value is -5.13. The lowest BCUT2D eigenvalue weighted by Gasteiger charge is -2.34. The zero-order valence-electron chi connectivity index (χ0n) is 26.6. The van der Waals surface area contributed by atoms with Crippen LogP contribution in [0.15, 0.2) is 60.7 Å². The summed E-state index contributed by atoms with van der Waals surface area (Å²) in [5, 5.41) is 14.7. The van der Waals surface area contributed by atoms with Crippen molar-refractivity contribution in [3.63, 3.8) is 0 Å². The highest BCUT2D eigenvalue weighted by Gasteiger charge is 2.35. The largest absolute Gasteiger partial charge is 0.493 e. The van der Waals surface area contributed by atoms with Gasteiger partial charge < -0.3 is 29.2 Å². The van der Waals surface area contributed by atoms with E-state index in [4.69, 9.17) is 18.9 Å². The van der Waals surface area contributed by atoms with Gasteiger partial charge >= 0.3 is 11.7 Å². The fourth-order valence-electron chi connectivity index (χ4n) is 5.54. The van der Waals surface area contributed by atoms with Crippen molar-refractivity contribution in [2.24, 2.45) is 5.92 Å². The van der Waals surface area contributed by atoms with Gasteiger partial charge in [0.2, 0.25) is 17.6 Å². The van der Waals surface area contributed by atoms with Crippen LogP contribution in [0.4, 0.5) is 5.69 Å². The molecule has 2 atom stereocenters. The standard InChI is InChI=1S/C34H39N3O9/c1-21(2)32-33(39)35-26(34(40)45-5)18-24-10-12-28(27(19-24)37(41)42)46-25-8-6-7-22(17-25)11-14-31(38)36(32)16-15-23-9-13-29(43-3)30(20-23)44-4/h6-10,12-13,17,19-21,26,32H,11,14-16,18H2,1-5H3,(H,35,39). The van der Waals surface area contributed by atoms with Crippen LogP contribution in [0, 0.1) is 16.0 Å². The number of carbonyl (C=O) groups excluding carboxylic acids is 3. The first-order valence-corrected chi connectivity index (χ1v) is 15.0. The summed E-state index contributed by atoms with van der Waals surface area (Å²) in [5.41, 5.74) is 1.78. The quantitative estimate of drug-likeness (QED) is 0.213. The molecule has 4 bridgehead atoms. The average Bonchev–Trinajstić information content (AvgIpc) is 3.04. The molecule has 0 saturated heterocycles. The van der Waals surface area contributed by atoms with E-state index in [1.54, 1.807) is 49.5 Å². The molecule has 0 aromatic heterocycles. The van der Waals surface area contributed by atoms with Crippen LogP contribution in [0.1, 0.15) is 37.0 Å². The molecule has 2 aliphatic rings. The van der Waals surface area contributed by atoms with Crippen molar-refractivity contribution >= 4 is 23.5 Å². The molecule has 2 unspecified atom stereocenters. The maximum Gasteiger partial charge on any atom is 0.328 e. The molecule has 12 nitrogen and oxygen atoms in total. The number of nitrogens with zero attached hydrogens (tertiary/aromatic N) is 2. The number of hydrogen-bond donors (Lipinski definition) is 1. The number of methoxy groups -OCH3 is 3. The van der Waals surface area contributed by atoms with E-state index in [1.165, 1.54) is 19.2 Å². The van der Waals surface area contributed by atoms with Crippen molar-refractivity contribution in [1.82, 2.24) is 10.2 Å². The predicted octanol–water partition coefficient (Wildman–Crippen LogP) is 4.65. The second-order valence-electron chi connectivity index (χ2n) is 11.3. The molecule has 5 rings (SSSR count). The number of amides is 2. The fourth-order valence-corrected chi connectivity index (χ4v) is 5.54. The first kappa shape index (κ1) is 33.8. The molecule has 3 aromatic rings. The third-order valence-electron chi connectivity index (χ3n) is 7.86. The number of nitro groups is 1. The first-order valence-electron chi connectivity index (χ1n) is 15.0. The molecule has 12 heteroatoms.